The molecule has 0 unspecified atom stereocenters. The summed E-state index contributed by atoms with van der Waals surface area (Å²) in [6, 6.07) is 16.2. The molecule has 1 aliphatic rings. The number of hydrogen-bond donors (Lipinski definition) is 0. The van der Waals surface area contributed by atoms with Crippen LogP contribution >= 0.6 is 11.6 Å². The number of fused-ring (bicyclic) bond motifs is 1. The Balaban J connectivity index is 1.47. The highest BCUT2D eigenvalue weighted by atomic mass is 35.5. The third-order valence-corrected chi connectivity index (χ3v) is 7.84. The van der Waals surface area contributed by atoms with Crippen LogP contribution in [0.1, 0.15) is 43.2 Å². The second-order valence-electron chi connectivity index (χ2n) is 10.2. The summed E-state index contributed by atoms with van der Waals surface area (Å²) in [5, 5.41) is 0.516. The molecule has 1 fully saturated rings. The number of aromatic nitrogens is 2. The molecule has 1 amide bonds. The largest absolute Gasteiger partial charge is 0.466 e. The lowest BCUT2D eigenvalue weighted by molar-refractivity contribution is -0.134. The maximum absolute atomic E-state index is 14.8. The molecule has 1 aromatic heterocycles. The van der Waals surface area contributed by atoms with E-state index in [9.17, 15) is 14.0 Å². The Morgan fingerprint density at radius 2 is 1.82 bits per heavy atom. The minimum atomic E-state index is -0.546. The first-order chi connectivity index (χ1) is 19.3. The Morgan fingerprint density at radius 3 is 2.58 bits per heavy atom. The van der Waals surface area contributed by atoms with Crippen molar-refractivity contribution in [1.82, 2.24) is 9.55 Å². The number of anilines is 1. The van der Waals surface area contributed by atoms with Gasteiger partial charge in [-0.05, 0) is 77.6 Å². The lowest BCUT2D eigenvalue weighted by Gasteiger charge is -2.30. The molecule has 3 aromatic carbocycles. The molecule has 0 atom stereocenters. The number of rotatable bonds is 7. The zero-order chi connectivity index (χ0) is 28.2. The SMILES string of the molecule is COC(=O)/C=C/c1cc(F)cc(N(Cc2ccc(-c3ccc4c(c3)ncn4C)cc2Cl)C(=O)C2CCCCC2)c1. The van der Waals surface area contributed by atoms with Gasteiger partial charge in [0.25, 0.3) is 0 Å². The average Bonchev–Trinajstić information content (AvgIpc) is 3.34. The van der Waals surface area contributed by atoms with Crippen LogP contribution in [0.2, 0.25) is 5.02 Å². The average molecular weight is 560 g/mol. The van der Waals surface area contributed by atoms with Crippen molar-refractivity contribution in [3.63, 3.8) is 0 Å². The molecule has 5 rings (SSSR count). The van der Waals surface area contributed by atoms with Crippen LogP contribution in [0.25, 0.3) is 28.2 Å². The van der Waals surface area contributed by atoms with Crippen molar-refractivity contribution >= 4 is 46.3 Å². The van der Waals surface area contributed by atoms with Crippen molar-refractivity contribution in [2.75, 3.05) is 12.0 Å². The van der Waals surface area contributed by atoms with Crippen LogP contribution in [0.15, 0.2) is 67.0 Å². The molecule has 0 radical (unpaired) electrons. The monoisotopic (exact) mass is 559 g/mol. The smallest absolute Gasteiger partial charge is 0.330 e. The van der Waals surface area contributed by atoms with E-state index in [0.29, 0.717) is 16.3 Å². The first-order valence-electron chi connectivity index (χ1n) is 13.4. The van der Waals surface area contributed by atoms with Gasteiger partial charge in [0.15, 0.2) is 0 Å². The van der Waals surface area contributed by atoms with Gasteiger partial charge in [0.05, 0.1) is 31.0 Å². The van der Waals surface area contributed by atoms with Gasteiger partial charge < -0.3 is 14.2 Å². The highest BCUT2D eigenvalue weighted by Gasteiger charge is 2.28. The summed E-state index contributed by atoms with van der Waals surface area (Å²) in [5.41, 5.74) is 5.49. The van der Waals surface area contributed by atoms with Gasteiger partial charge in [0, 0.05) is 29.8 Å². The molecule has 0 saturated heterocycles. The molecule has 206 valence electrons. The number of imidazole rings is 1. The van der Waals surface area contributed by atoms with Gasteiger partial charge in [-0.2, -0.15) is 0 Å². The van der Waals surface area contributed by atoms with Crippen molar-refractivity contribution in [3.05, 3.63) is 89.0 Å². The molecule has 0 spiro atoms. The van der Waals surface area contributed by atoms with Crippen molar-refractivity contribution in [2.24, 2.45) is 13.0 Å². The zero-order valence-electron chi connectivity index (χ0n) is 22.6. The molecule has 6 nitrogen and oxygen atoms in total. The Bertz CT molecular complexity index is 1590. The summed E-state index contributed by atoms with van der Waals surface area (Å²) in [6.45, 7) is 0.192. The second-order valence-corrected chi connectivity index (χ2v) is 10.6. The predicted octanol–water partition coefficient (Wildman–Crippen LogP) is 7.33. The van der Waals surface area contributed by atoms with Gasteiger partial charge in [0.2, 0.25) is 5.91 Å². The fraction of sp³-hybridized carbons (Fsp3) is 0.281. The topological polar surface area (TPSA) is 64.4 Å². The van der Waals surface area contributed by atoms with Gasteiger partial charge in [-0.1, -0.05) is 49.1 Å². The number of nitrogens with zero attached hydrogens (tertiary/aromatic N) is 3. The van der Waals surface area contributed by atoms with Crippen LogP contribution < -0.4 is 4.90 Å². The quantitative estimate of drug-likeness (QED) is 0.176. The van der Waals surface area contributed by atoms with E-state index in [0.717, 1.165) is 59.8 Å². The number of amides is 1. The molecule has 4 aromatic rings. The summed E-state index contributed by atoms with van der Waals surface area (Å²) < 4.78 is 21.4. The van der Waals surface area contributed by atoms with Gasteiger partial charge in [-0.3, -0.25) is 4.79 Å². The van der Waals surface area contributed by atoms with Crippen LogP contribution in [-0.2, 0) is 27.9 Å². The third-order valence-electron chi connectivity index (χ3n) is 7.49. The Labute approximate surface area is 238 Å². The zero-order valence-corrected chi connectivity index (χ0v) is 23.3. The molecule has 8 heteroatoms. The first-order valence-corrected chi connectivity index (χ1v) is 13.8. The number of methoxy groups -OCH3 is 1. The van der Waals surface area contributed by atoms with E-state index >= 15 is 0 Å². The fourth-order valence-corrected chi connectivity index (χ4v) is 5.53. The second kappa shape index (κ2) is 12.0. The minimum Gasteiger partial charge on any atom is -0.466 e. The van der Waals surface area contributed by atoms with E-state index in [4.69, 9.17) is 11.6 Å². The third kappa shape index (κ3) is 6.10. The number of ether oxygens (including phenoxy) is 1. The highest BCUT2D eigenvalue weighted by Crippen LogP contribution is 2.33. The molecular weight excluding hydrogens is 529 g/mol. The van der Waals surface area contributed by atoms with Gasteiger partial charge >= 0.3 is 5.97 Å². The van der Waals surface area contributed by atoms with Crippen molar-refractivity contribution in [1.29, 1.82) is 0 Å². The summed E-state index contributed by atoms with van der Waals surface area (Å²) in [6.07, 6.45) is 9.21. The van der Waals surface area contributed by atoms with E-state index < -0.39 is 11.8 Å². The molecule has 40 heavy (non-hydrogen) atoms. The van der Waals surface area contributed by atoms with Crippen molar-refractivity contribution in [3.8, 4) is 11.1 Å². The summed E-state index contributed by atoms with van der Waals surface area (Å²) in [5.74, 6) is -1.23. The number of benzene rings is 3. The van der Waals surface area contributed by atoms with Crippen LogP contribution in [0.4, 0.5) is 10.1 Å². The van der Waals surface area contributed by atoms with Crippen LogP contribution in [0, 0.1) is 11.7 Å². The number of esters is 1. The number of hydrogen-bond acceptors (Lipinski definition) is 4. The van der Waals surface area contributed by atoms with Crippen LogP contribution in [0.3, 0.4) is 0 Å². The molecule has 0 N–H and O–H groups in total. The lowest BCUT2D eigenvalue weighted by atomic mass is 9.88. The van der Waals surface area contributed by atoms with E-state index in [-0.39, 0.29) is 18.4 Å². The molecule has 0 aliphatic heterocycles. The Hall–Kier alpha value is -3.97. The van der Waals surface area contributed by atoms with Gasteiger partial charge in [-0.25, -0.2) is 14.2 Å². The Kier molecular flexibility index (Phi) is 8.31. The molecular formula is C32H31ClFN3O3. The number of halogens is 2. The van der Waals surface area contributed by atoms with Gasteiger partial charge in [-0.15, -0.1) is 0 Å². The van der Waals surface area contributed by atoms with E-state index in [1.165, 1.54) is 31.4 Å². The maximum atomic E-state index is 14.8. The van der Waals surface area contributed by atoms with Gasteiger partial charge in [0.1, 0.15) is 5.82 Å². The van der Waals surface area contributed by atoms with Crippen LogP contribution in [-0.4, -0.2) is 28.5 Å². The minimum absolute atomic E-state index is 0.0473. The molecule has 0 bridgehead atoms. The fourth-order valence-electron chi connectivity index (χ4n) is 5.29. The van der Waals surface area contributed by atoms with E-state index in [1.54, 1.807) is 17.3 Å². The van der Waals surface area contributed by atoms with Crippen LogP contribution in [0.5, 0.6) is 0 Å². The lowest BCUT2D eigenvalue weighted by Crippen LogP contribution is -2.37. The number of carbonyl (C=O) groups is 2. The number of aryl methyl sites for hydroxylation is 1. The molecule has 1 heterocycles. The van der Waals surface area contributed by atoms with E-state index in [2.05, 4.69) is 9.72 Å². The van der Waals surface area contributed by atoms with E-state index in [1.807, 2.05) is 48.0 Å². The Morgan fingerprint density at radius 1 is 1.07 bits per heavy atom. The molecule has 1 aliphatic carbocycles. The predicted molar refractivity (Wildman–Crippen MR) is 156 cm³/mol. The molecule has 1 saturated carbocycles. The highest BCUT2D eigenvalue weighted by molar-refractivity contribution is 6.31. The standard InChI is InChI=1S/C32H31ClFN3O3/c1-36-20-35-29-17-24(11-12-30(29)36)23-9-10-25(28(33)16-23)19-37(32(39)22-6-4-3-5-7-22)27-15-21(14-26(34)18-27)8-13-31(38)40-2/h8-18,20,22H,3-7,19H2,1-2H3/b13-8+. The summed E-state index contributed by atoms with van der Waals surface area (Å²) in [7, 11) is 3.23. The number of carbonyl (C=O) groups excluding carboxylic acids is 2. The first kappa shape index (κ1) is 27.6. The normalized spacial score (nSPS) is 14.1. The van der Waals surface area contributed by atoms with Crippen molar-refractivity contribution in [2.45, 2.75) is 38.6 Å². The van der Waals surface area contributed by atoms with Crippen molar-refractivity contribution < 1.29 is 18.7 Å². The maximum Gasteiger partial charge on any atom is 0.330 e. The summed E-state index contributed by atoms with van der Waals surface area (Å²) >= 11 is 6.79. The summed E-state index contributed by atoms with van der Waals surface area (Å²) in [4.78, 5) is 31.5.